The molecule has 0 aliphatic carbocycles. The fourth-order valence-corrected chi connectivity index (χ4v) is 3.05. The van der Waals surface area contributed by atoms with Crippen molar-refractivity contribution in [2.45, 2.75) is 5.92 Å². The van der Waals surface area contributed by atoms with Crippen LogP contribution >= 0.6 is 0 Å². The minimum absolute atomic E-state index is 0.0368. The van der Waals surface area contributed by atoms with Crippen LogP contribution in [-0.4, -0.2) is 14.2 Å². The topological polar surface area (TPSA) is 101 Å². The third-order valence-corrected chi connectivity index (χ3v) is 4.32. The van der Waals surface area contributed by atoms with Crippen LogP contribution < -0.4 is 15.2 Å². The van der Waals surface area contributed by atoms with Crippen molar-refractivity contribution < 1.29 is 14.2 Å². The Morgan fingerprint density at radius 1 is 0.963 bits per heavy atom. The molecule has 0 unspecified atom stereocenters. The lowest BCUT2D eigenvalue weighted by atomic mass is 9.82. The van der Waals surface area contributed by atoms with Gasteiger partial charge in [0.05, 0.1) is 31.8 Å². The molecule has 1 atom stereocenters. The molecule has 6 nitrogen and oxygen atoms in total. The first-order valence-corrected chi connectivity index (χ1v) is 8.13. The first kappa shape index (κ1) is 17.9. The average molecular weight is 359 g/mol. The standard InChI is InChI=1S/C21H17N3O3/c1-25-14-8-9-18(26-2)15(10-14)19-16(11-22)20(13-6-4-3-5-7-13)27-21(24)17(19)12-23/h3-10,19H,24H2,1-2H3/t19-/m1/s1. The van der Waals surface area contributed by atoms with Gasteiger partial charge in [-0.1, -0.05) is 30.3 Å². The van der Waals surface area contributed by atoms with Crippen LogP contribution in [0.1, 0.15) is 17.0 Å². The van der Waals surface area contributed by atoms with Gasteiger partial charge < -0.3 is 19.9 Å². The molecule has 0 fully saturated rings. The molecule has 6 heteroatoms. The summed E-state index contributed by atoms with van der Waals surface area (Å²) in [6.45, 7) is 0. The third kappa shape index (κ3) is 3.17. The molecular formula is C21H17N3O3. The van der Waals surface area contributed by atoms with E-state index in [1.165, 1.54) is 7.11 Å². The molecule has 0 saturated heterocycles. The predicted octanol–water partition coefficient (Wildman–Crippen LogP) is 3.45. The maximum absolute atomic E-state index is 9.91. The zero-order valence-corrected chi connectivity index (χ0v) is 14.9. The Morgan fingerprint density at radius 2 is 1.67 bits per heavy atom. The lowest BCUT2D eigenvalue weighted by Crippen LogP contribution is -2.20. The van der Waals surface area contributed by atoms with Crippen LogP contribution in [0.15, 0.2) is 65.6 Å². The van der Waals surface area contributed by atoms with E-state index >= 15 is 0 Å². The molecule has 0 amide bonds. The summed E-state index contributed by atoms with van der Waals surface area (Å²) in [6.07, 6.45) is 0. The minimum Gasteiger partial charge on any atom is -0.497 e. The van der Waals surface area contributed by atoms with Crippen LogP contribution in [0.4, 0.5) is 0 Å². The fraction of sp³-hybridized carbons (Fsp3) is 0.143. The van der Waals surface area contributed by atoms with Crippen molar-refractivity contribution in [2.24, 2.45) is 5.73 Å². The molecule has 134 valence electrons. The van der Waals surface area contributed by atoms with E-state index in [9.17, 15) is 10.5 Å². The van der Waals surface area contributed by atoms with E-state index in [-0.39, 0.29) is 17.0 Å². The average Bonchev–Trinajstić information content (AvgIpc) is 2.73. The number of nitrogens with zero attached hydrogens (tertiary/aromatic N) is 2. The van der Waals surface area contributed by atoms with Crippen molar-refractivity contribution in [3.05, 3.63) is 76.7 Å². The number of ether oxygens (including phenoxy) is 3. The Hall–Kier alpha value is -3.90. The Bertz CT molecular complexity index is 1010. The third-order valence-electron chi connectivity index (χ3n) is 4.32. The summed E-state index contributed by atoms with van der Waals surface area (Å²) in [5.74, 6) is 0.652. The number of nitriles is 2. The van der Waals surface area contributed by atoms with E-state index in [4.69, 9.17) is 19.9 Å². The Kier molecular flexibility index (Phi) is 5.01. The highest BCUT2D eigenvalue weighted by Gasteiger charge is 2.35. The Labute approximate surface area is 157 Å². The second kappa shape index (κ2) is 7.55. The summed E-state index contributed by atoms with van der Waals surface area (Å²) in [5, 5.41) is 19.6. The van der Waals surface area contributed by atoms with Gasteiger partial charge in [0.2, 0.25) is 5.88 Å². The van der Waals surface area contributed by atoms with Gasteiger partial charge in [-0.3, -0.25) is 0 Å². The van der Waals surface area contributed by atoms with Crippen LogP contribution in [0.5, 0.6) is 11.5 Å². The molecule has 0 bridgehead atoms. The molecule has 2 aromatic carbocycles. The summed E-state index contributed by atoms with van der Waals surface area (Å²) in [4.78, 5) is 0. The second-order valence-electron chi connectivity index (χ2n) is 5.75. The summed E-state index contributed by atoms with van der Waals surface area (Å²) >= 11 is 0. The summed E-state index contributed by atoms with van der Waals surface area (Å²) in [7, 11) is 3.07. The lowest BCUT2D eigenvalue weighted by Gasteiger charge is -2.27. The summed E-state index contributed by atoms with van der Waals surface area (Å²) in [6, 6.07) is 18.6. The van der Waals surface area contributed by atoms with Gasteiger partial charge in [-0.05, 0) is 18.2 Å². The minimum atomic E-state index is -0.728. The zero-order chi connectivity index (χ0) is 19.4. The fourth-order valence-electron chi connectivity index (χ4n) is 3.05. The van der Waals surface area contributed by atoms with Crippen LogP contribution in [0.3, 0.4) is 0 Å². The van der Waals surface area contributed by atoms with Gasteiger partial charge in [0.25, 0.3) is 0 Å². The lowest BCUT2D eigenvalue weighted by molar-refractivity contribution is 0.355. The highest BCUT2D eigenvalue weighted by Crippen LogP contribution is 2.45. The highest BCUT2D eigenvalue weighted by atomic mass is 16.5. The van der Waals surface area contributed by atoms with Gasteiger partial charge >= 0.3 is 0 Å². The first-order valence-electron chi connectivity index (χ1n) is 8.13. The molecule has 2 aromatic rings. The molecule has 1 aliphatic rings. The van der Waals surface area contributed by atoms with Gasteiger partial charge in [-0.2, -0.15) is 10.5 Å². The van der Waals surface area contributed by atoms with Gasteiger partial charge in [-0.15, -0.1) is 0 Å². The maximum Gasteiger partial charge on any atom is 0.205 e. The van der Waals surface area contributed by atoms with Crippen LogP contribution in [-0.2, 0) is 4.74 Å². The van der Waals surface area contributed by atoms with Gasteiger partial charge in [0.15, 0.2) is 5.76 Å². The predicted molar refractivity (Wildman–Crippen MR) is 99.2 cm³/mol. The van der Waals surface area contributed by atoms with E-state index in [0.29, 0.717) is 28.4 Å². The zero-order valence-electron chi connectivity index (χ0n) is 14.9. The van der Waals surface area contributed by atoms with Gasteiger partial charge in [0.1, 0.15) is 23.1 Å². The van der Waals surface area contributed by atoms with Crippen LogP contribution in [0, 0.1) is 22.7 Å². The number of rotatable bonds is 4. The normalized spacial score (nSPS) is 16.2. The van der Waals surface area contributed by atoms with E-state index in [0.717, 1.165) is 0 Å². The molecule has 0 radical (unpaired) electrons. The van der Waals surface area contributed by atoms with E-state index < -0.39 is 5.92 Å². The van der Waals surface area contributed by atoms with E-state index in [2.05, 4.69) is 12.1 Å². The maximum atomic E-state index is 9.91. The second-order valence-corrected chi connectivity index (χ2v) is 5.75. The van der Waals surface area contributed by atoms with E-state index in [1.807, 2.05) is 30.3 Å². The van der Waals surface area contributed by atoms with Crippen LogP contribution in [0.25, 0.3) is 5.76 Å². The molecule has 0 aromatic heterocycles. The summed E-state index contributed by atoms with van der Waals surface area (Å²) < 4.78 is 16.4. The van der Waals surface area contributed by atoms with Crippen molar-refractivity contribution >= 4 is 5.76 Å². The first-order chi connectivity index (χ1) is 13.1. The van der Waals surface area contributed by atoms with E-state index in [1.54, 1.807) is 25.3 Å². The highest BCUT2D eigenvalue weighted by molar-refractivity contribution is 5.74. The van der Waals surface area contributed by atoms with Gasteiger partial charge in [-0.25, -0.2) is 0 Å². The molecule has 2 N–H and O–H groups in total. The number of methoxy groups -OCH3 is 2. The van der Waals surface area contributed by atoms with Crippen molar-refractivity contribution in [1.29, 1.82) is 10.5 Å². The molecule has 27 heavy (non-hydrogen) atoms. The van der Waals surface area contributed by atoms with Gasteiger partial charge in [0, 0.05) is 11.1 Å². The van der Waals surface area contributed by atoms with Crippen molar-refractivity contribution in [3.8, 4) is 23.6 Å². The van der Waals surface area contributed by atoms with Crippen molar-refractivity contribution in [2.75, 3.05) is 14.2 Å². The molecule has 1 aliphatic heterocycles. The number of nitrogens with two attached hydrogens (primary N) is 1. The largest absolute Gasteiger partial charge is 0.497 e. The van der Waals surface area contributed by atoms with Crippen molar-refractivity contribution in [1.82, 2.24) is 0 Å². The number of hydrogen-bond donors (Lipinski definition) is 1. The molecule has 1 heterocycles. The summed E-state index contributed by atoms with van der Waals surface area (Å²) in [5.41, 5.74) is 7.77. The van der Waals surface area contributed by atoms with Crippen LogP contribution in [0.2, 0.25) is 0 Å². The quantitative estimate of drug-likeness (QED) is 0.897. The molecule has 0 saturated carbocycles. The molecule has 3 rings (SSSR count). The Balaban J connectivity index is 2.30. The number of benzene rings is 2. The SMILES string of the molecule is COc1ccc(OC)c([C@H]2C(C#N)=C(N)OC(c3ccccc3)=C2C#N)c1. The molecule has 0 spiro atoms. The molecular weight excluding hydrogens is 342 g/mol. The Morgan fingerprint density at radius 3 is 2.26 bits per heavy atom. The smallest absolute Gasteiger partial charge is 0.205 e. The van der Waals surface area contributed by atoms with Crippen molar-refractivity contribution in [3.63, 3.8) is 0 Å². The number of allylic oxidation sites excluding steroid dienone is 2. The number of hydrogen-bond acceptors (Lipinski definition) is 6. The monoisotopic (exact) mass is 359 g/mol.